The topological polar surface area (TPSA) is 95.0 Å². The summed E-state index contributed by atoms with van der Waals surface area (Å²) in [6.45, 7) is 5.74. The number of aryl methyl sites for hydroxylation is 1. The van der Waals surface area contributed by atoms with E-state index >= 15 is 0 Å². The van der Waals surface area contributed by atoms with Gasteiger partial charge >= 0.3 is 0 Å². The molecule has 1 aliphatic heterocycles. The number of sulfonamides is 2. The van der Waals surface area contributed by atoms with Crippen molar-refractivity contribution in [3.63, 3.8) is 0 Å². The Hall–Kier alpha value is -1.94. The minimum absolute atomic E-state index is 0.0302. The van der Waals surface area contributed by atoms with E-state index < -0.39 is 20.0 Å². The van der Waals surface area contributed by atoms with Crippen LogP contribution in [0.4, 0.5) is 0 Å². The molecular weight excluding hydrogens is 412 g/mol. The summed E-state index contributed by atoms with van der Waals surface area (Å²) in [7, 11) is -7.45. The number of aromatic hydroxyl groups is 1. The Labute approximate surface area is 172 Å². The van der Waals surface area contributed by atoms with Crippen LogP contribution in [0.5, 0.6) is 5.75 Å². The van der Waals surface area contributed by atoms with Crippen LogP contribution in [0.3, 0.4) is 0 Å². The quantitative estimate of drug-likeness (QED) is 0.774. The van der Waals surface area contributed by atoms with Crippen molar-refractivity contribution >= 4 is 20.0 Å². The van der Waals surface area contributed by atoms with Gasteiger partial charge in [-0.1, -0.05) is 32.0 Å². The van der Waals surface area contributed by atoms with E-state index in [-0.39, 0.29) is 47.6 Å². The highest BCUT2D eigenvalue weighted by Crippen LogP contribution is 2.32. The van der Waals surface area contributed by atoms with Crippen LogP contribution in [0, 0.1) is 6.92 Å². The lowest BCUT2D eigenvalue weighted by molar-refractivity contribution is 0.272. The van der Waals surface area contributed by atoms with Crippen LogP contribution in [0.15, 0.2) is 52.3 Å². The van der Waals surface area contributed by atoms with E-state index in [1.807, 2.05) is 13.8 Å². The smallest absolute Gasteiger partial charge is 0.243 e. The molecule has 7 nitrogen and oxygen atoms in total. The van der Waals surface area contributed by atoms with Crippen LogP contribution in [-0.2, 0) is 20.0 Å². The maximum Gasteiger partial charge on any atom is 0.243 e. The summed E-state index contributed by atoms with van der Waals surface area (Å²) in [5.41, 5.74) is 1.03. The highest BCUT2D eigenvalue weighted by atomic mass is 32.2. The molecule has 0 radical (unpaired) electrons. The average molecular weight is 439 g/mol. The Balaban J connectivity index is 1.83. The third kappa shape index (κ3) is 4.18. The van der Waals surface area contributed by atoms with Gasteiger partial charge in [-0.3, -0.25) is 0 Å². The predicted octanol–water partition coefficient (Wildman–Crippen LogP) is 2.52. The SMILES string of the molecule is Cc1cc(O)c(C(C)C)cc1S(=O)(=O)N1CCN(S(=O)(=O)c2ccccc2)CC1. The highest BCUT2D eigenvalue weighted by molar-refractivity contribution is 7.89. The summed E-state index contributed by atoms with van der Waals surface area (Å²) < 4.78 is 54.5. The number of benzene rings is 2. The minimum Gasteiger partial charge on any atom is -0.508 e. The number of phenolic OH excluding ortho intramolecular Hbond substituents is 1. The third-order valence-electron chi connectivity index (χ3n) is 5.14. The molecule has 1 fully saturated rings. The van der Waals surface area contributed by atoms with Crippen molar-refractivity contribution in [2.45, 2.75) is 36.5 Å². The zero-order valence-electron chi connectivity index (χ0n) is 16.7. The predicted molar refractivity (Wildman–Crippen MR) is 111 cm³/mol. The zero-order valence-corrected chi connectivity index (χ0v) is 18.4. The lowest BCUT2D eigenvalue weighted by Crippen LogP contribution is -2.50. The van der Waals surface area contributed by atoms with E-state index in [9.17, 15) is 21.9 Å². The maximum absolute atomic E-state index is 13.2. The van der Waals surface area contributed by atoms with Gasteiger partial charge in [0.05, 0.1) is 9.79 Å². The van der Waals surface area contributed by atoms with Crippen LogP contribution in [0.25, 0.3) is 0 Å². The Morgan fingerprint density at radius 1 is 0.862 bits per heavy atom. The normalized spacial score (nSPS) is 17.0. The fourth-order valence-electron chi connectivity index (χ4n) is 3.46. The van der Waals surface area contributed by atoms with Crippen molar-refractivity contribution in [3.8, 4) is 5.75 Å². The number of rotatable bonds is 5. The molecule has 0 unspecified atom stereocenters. The Morgan fingerprint density at radius 2 is 1.38 bits per heavy atom. The fraction of sp³-hybridized carbons (Fsp3) is 0.400. The first-order chi connectivity index (χ1) is 13.5. The van der Waals surface area contributed by atoms with Gasteiger partial charge in [-0.05, 0) is 48.2 Å². The van der Waals surface area contributed by atoms with Crippen molar-refractivity contribution in [1.82, 2.24) is 8.61 Å². The van der Waals surface area contributed by atoms with Crippen LogP contribution in [-0.4, -0.2) is 56.7 Å². The molecule has 0 amide bonds. The highest BCUT2D eigenvalue weighted by Gasteiger charge is 2.34. The summed E-state index contributed by atoms with van der Waals surface area (Å²) >= 11 is 0. The molecule has 29 heavy (non-hydrogen) atoms. The molecule has 158 valence electrons. The van der Waals surface area contributed by atoms with Gasteiger partial charge in [-0.25, -0.2) is 16.8 Å². The van der Waals surface area contributed by atoms with Gasteiger partial charge in [0.1, 0.15) is 5.75 Å². The molecule has 0 spiro atoms. The molecule has 0 saturated carbocycles. The fourth-order valence-corrected chi connectivity index (χ4v) is 6.57. The summed E-state index contributed by atoms with van der Waals surface area (Å²) in [5.74, 6) is 0.0487. The molecular formula is C20H26N2O5S2. The molecule has 0 aliphatic carbocycles. The minimum atomic E-state index is -3.80. The van der Waals surface area contributed by atoms with Crippen molar-refractivity contribution in [2.24, 2.45) is 0 Å². The molecule has 0 bridgehead atoms. The van der Waals surface area contributed by atoms with Crippen LogP contribution < -0.4 is 0 Å². The van der Waals surface area contributed by atoms with Gasteiger partial charge in [0.15, 0.2) is 0 Å². The largest absolute Gasteiger partial charge is 0.508 e. The number of hydrogen-bond acceptors (Lipinski definition) is 5. The van der Waals surface area contributed by atoms with Crippen molar-refractivity contribution in [2.75, 3.05) is 26.2 Å². The van der Waals surface area contributed by atoms with E-state index in [0.29, 0.717) is 11.1 Å². The average Bonchev–Trinajstić information content (AvgIpc) is 2.68. The van der Waals surface area contributed by atoms with Crippen LogP contribution in [0.1, 0.15) is 30.9 Å². The monoisotopic (exact) mass is 438 g/mol. The van der Waals surface area contributed by atoms with Gasteiger partial charge < -0.3 is 5.11 Å². The molecule has 3 rings (SSSR count). The first-order valence-corrected chi connectivity index (χ1v) is 12.3. The maximum atomic E-state index is 13.2. The Bertz CT molecular complexity index is 1090. The van der Waals surface area contributed by atoms with Crippen LogP contribution >= 0.6 is 0 Å². The standard InChI is InChI=1S/C20H26N2O5S2/c1-15(2)18-14-20(16(3)13-19(18)23)29(26,27)22-11-9-21(10-12-22)28(24,25)17-7-5-4-6-8-17/h4-8,13-15,23H,9-12H2,1-3H3. The molecule has 1 heterocycles. The third-order valence-corrected chi connectivity index (χ3v) is 9.10. The lowest BCUT2D eigenvalue weighted by Gasteiger charge is -2.33. The van der Waals surface area contributed by atoms with E-state index in [1.165, 1.54) is 32.9 Å². The van der Waals surface area contributed by atoms with E-state index in [4.69, 9.17) is 0 Å². The molecule has 1 aliphatic rings. The molecule has 9 heteroatoms. The van der Waals surface area contributed by atoms with Crippen molar-refractivity contribution < 1.29 is 21.9 Å². The molecule has 2 aromatic rings. The first-order valence-electron chi connectivity index (χ1n) is 9.44. The van der Waals surface area contributed by atoms with E-state index in [0.717, 1.165) is 0 Å². The Morgan fingerprint density at radius 3 is 1.90 bits per heavy atom. The van der Waals surface area contributed by atoms with Gasteiger partial charge in [-0.15, -0.1) is 0 Å². The molecule has 1 N–H and O–H groups in total. The van der Waals surface area contributed by atoms with Gasteiger partial charge in [-0.2, -0.15) is 8.61 Å². The molecule has 0 aromatic heterocycles. The number of hydrogen-bond donors (Lipinski definition) is 1. The second-order valence-electron chi connectivity index (χ2n) is 7.45. The summed E-state index contributed by atoms with van der Waals surface area (Å²) in [6.07, 6.45) is 0. The number of phenols is 1. The number of nitrogens with zero attached hydrogens (tertiary/aromatic N) is 2. The van der Waals surface area contributed by atoms with Crippen molar-refractivity contribution in [1.29, 1.82) is 0 Å². The van der Waals surface area contributed by atoms with Gasteiger partial charge in [0.25, 0.3) is 0 Å². The summed E-state index contributed by atoms with van der Waals surface area (Å²) in [6, 6.07) is 11.1. The second kappa shape index (κ2) is 8.06. The van der Waals surface area contributed by atoms with Gasteiger partial charge in [0, 0.05) is 26.2 Å². The number of piperazine rings is 1. The molecule has 0 atom stereocenters. The molecule has 2 aromatic carbocycles. The van der Waals surface area contributed by atoms with Crippen LogP contribution in [0.2, 0.25) is 0 Å². The van der Waals surface area contributed by atoms with Gasteiger partial charge in [0.2, 0.25) is 20.0 Å². The molecule has 1 saturated heterocycles. The lowest BCUT2D eigenvalue weighted by atomic mass is 10.0. The summed E-state index contributed by atoms with van der Waals surface area (Å²) in [5, 5.41) is 10.1. The zero-order chi connectivity index (χ0) is 21.4. The first kappa shape index (κ1) is 21.8. The van der Waals surface area contributed by atoms with E-state index in [2.05, 4.69) is 0 Å². The summed E-state index contributed by atoms with van der Waals surface area (Å²) in [4.78, 5) is 0.352. The van der Waals surface area contributed by atoms with E-state index in [1.54, 1.807) is 25.1 Å². The second-order valence-corrected chi connectivity index (χ2v) is 11.3. The Kier molecular flexibility index (Phi) is 6.05. The van der Waals surface area contributed by atoms with Crippen molar-refractivity contribution in [3.05, 3.63) is 53.6 Å².